The van der Waals surface area contributed by atoms with Gasteiger partial charge < -0.3 is 14.6 Å². The molecule has 2 aromatic heterocycles. The van der Waals surface area contributed by atoms with Crippen LogP contribution in [0.1, 0.15) is 34.0 Å². The van der Waals surface area contributed by atoms with Crippen LogP contribution in [0.3, 0.4) is 0 Å². The highest BCUT2D eigenvalue weighted by Gasteiger charge is 2.08. The average molecular weight is 454 g/mol. The van der Waals surface area contributed by atoms with E-state index in [1.54, 1.807) is 41.4 Å². The zero-order valence-corrected chi connectivity index (χ0v) is 19.3. The van der Waals surface area contributed by atoms with Crippen LogP contribution >= 0.6 is 0 Å². The van der Waals surface area contributed by atoms with Crippen molar-refractivity contribution in [1.82, 2.24) is 14.9 Å². The number of methoxy groups -OCH3 is 1. The summed E-state index contributed by atoms with van der Waals surface area (Å²) < 4.78 is 6.68. The van der Waals surface area contributed by atoms with Gasteiger partial charge in [0.25, 0.3) is 11.5 Å². The van der Waals surface area contributed by atoms with Crippen molar-refractivity contribution in [2.75, 3.05) is 13.7 Å². The average Bonchev–Trinajstić information content (AvgIpc) is 2.86. The van der Waals surface area contributed by atoms with Crippen LogP contribution in [0.15, 0.2) is 95.4 Å². The molecule has 1 aromatic carbocycles. The number of nitrogens with zero attached hydrogens (tertiary/aromatic N) is 2. The van der Waals surface area contributed by atoms with Gasteiger partial charge in [-0.1, -0.05) is 42.0 Å². The molecule has 1 amide bonds. The number of pyridine rings is 2. The van der Waals surface area contributed by atoms with Gasteiger partial charge in [0.1, 0.15) is 0 Å². The lowest BCUT2D eigenvalue weighted by molar-refractivity contribution is 0.0956. The smallest absolute Gasteiger partial charge is 0.253 e. The fourth-order valence-electron chi connectivity index (χ4n) is 3.27. The van der Waals surface area contributed by atoms with Crippen LogP contribution in [-0.4, -0.2) is 29.1 Å². The predicted molar refractivity (Wildman–Crippen MR) is 133 cm³/mol. The normalized spacial score (nSPS) is 11.6. The highest BCUT2D eigenvalue weighted by molar-refractivity contribution is 5.94. The van der Waals surface area contributed by atoms with Gasteiger partial charge in [-0.3, -0.25) is 14.6 Å². The fraction of sp³-hybridized carbons (Fsp3) is 0.179. The highest BCUT2D eigenvalue weighted by Crippen LogP contribution is 2.12. The van der Waals surface area contributed by atoms with Crippen LogP contribution in [0.5, 0.6) is 0 Å². The number of benzene rings is 1. The van der Waals surface area contributed by atoms with Crippen LogP contribution in [-0.2, 0) is 17.7 Å². The lowest BCUT2D eigenvalue weighted by Crippen LogP contribution is -2.25. The largest absolute Gasteiger partial charge is 0.489 e. The van der Waals surface area contributed by atoms with Gasteiger partial charge in [0.15, 0.2) is 5.76 Å². The van der Waals surface area contributed by atoms with Crippen molar-refractivity contribution in [3.63, 3.8) is 0 Å². The second-order valence-corrected chi connectivity index (χ2v) is 7.82. The molecule has 0 bridgehead atoms. The van der Waals surface area contributed by atoms with Crippen LogP contribution in [0, 0.1) is 12.3 Å². The topological polar surface area (TPSA) is 73.2 Å². The fourth-order valence-corrected chi connectivity index (χ4v) is 3.27. The molecule has 34 heavy (non-hydrogen) atoms. The van der Waals surface area contributed by atoms with Gasteiger partial charge >= 0.3 is 0 Å². The summed E-state index contributed by atoms with van der Waals surface area (Å²) in [5, 5.41) is 2.89. The van der Waals surface area contributed by atoms with E-state index in [1.165, 1.54) is 7.11 Å². The summed E-state index contributed by atoms with van der Waals surface area (Å²) in [4.78, 5) is 28.7. The van der Waals surface area contributed by atoms with Gasteiger partial charge in [-0.25, -0.2) is 0 Å². The van der Waals surface area contributed by atoms with Crippen molar-refractivity contribution in [2.24, 2.45) is 0 Å². The van der Waals surface area contributed by atoms with Crippen molar-refractivity contribution >= 4 is 5.91 Å². The maximum Gasteiger partial charge on any atom is 0.253 e. The molecule has 0 aliphatic heterocycles. The Hall–Kier alpha value is -4.37. The molecule has 0 fully saturated rings. The van der Waals surface area contributed by atoms with Gasteiger partial charge in [-0.2, -0.15) is 0 Å². The molecule has 0 radical (unpaired) electrons. The molecule has 0 aliphatic rings. The second-order valence-electron chi connectivity index (χ2n) is 7.82. The Balaban J connectivity index is 1.60. The highest BCUT2D eigenvalue weighted by atomic mass is 16.5. The van der Waals surface area contributed by atoms with Gasteiger partial charge in [0, 0.05) is 31.2 Å². The quantitative estimate of drug-likeness (QED) is 0.305. The maximum absolute atomic E-state index is 12.6. The lowest BCUT2D eigenvalue weighted by Gasteiger charge is -2.08. The monoisotopic (exact) mass is 453 g/mol. The number of aromatic nitrogens is 2. The third-order valence-electron chi connectivity index (χ3n) is 5.15. The number of terminal acetylenes is 1. The van der Waals surface area contributed by atoms with E-state index >= 15 is 0 Å². The van der Waals surface area contributed by atoms with Crippen molar-refractivity contribution < 1.29 is 9.53 Å². The zero-order chi connectivity index (χ0) is 24.3. The number of hydrogen-bond donors (Lipinski definition) is 1. The molecule has 3 rings (SSSR count). The Morgan fingerprint density at radius 3 is 2.59 bits per heavy atom. The van der Waals surface area contributed by atoms with Crippen LogP contribution in [0.2, 0.25) is 0 Å². The van der Waals surface area contributed by atoms with Crippen molar-refractivity contribution in [3.8, 4) is 12.3 Å². The number of allylic oxidation sites excluding steroid dienone is 3. The number of ether oxygens (including phenoxy) is 1. The predicted octanol–water partition coefficient (Wildman–Crippen LogP) is 3.72. The number of nitrogens with one attached hydrogen (secondary N) is 1. The first-order valence-corrected chi connectivity index (χ1v) is 10.8. The van der Waals surface area contributed by atoms with E-state index < -0.39 is 0 Å². The summed E-state index contributed by atoms with van der Waals surface area (Å²) in [6.45, 7) is 2.80. The molecule has 0 saturated carbocycles. The Morgan fingerprint density at radius 1 is 1.12 bits per heavy atom. The minimum absolute atomic E-state index is 0.0258. The third kappa shape index (κ3) is 7.07. The van der Waals surface area contributed by atoms with E-state index in [0.29, 0.717) is 30.8 Å². The Labute approximate surface area is 199 Å². The number of rotatable bonds is 9. The van der Waals surface area contributed by atoms with E-state index in [4.69, 9.17) is 11.2 Å². The number of carbonyl (C=O) groups excluding carboxylic acids is 1. The molecular formula is C28H27N3O3. The molecular weight excluding hydrogens is 426 g/mol. The minimum atomic E-state index is -0.196. The first-order valence-electron chi connectivity index (χ1n) is 10.8. The van der Waals surface area contributed by atoms with Gasteiger partial charge in [-0.15, -0.1) is 6.42 Å². The van der Waals surface area contributed by atoms with E-state index in [0.717, 1.165) is 22.3 Å². The summed E-state index contributed by atoms with van der Waals surface area (Å²) in [5.74, 6) is 2.65. The molecule has 3 aromatic rings. The molecule has 0 aliphatic carbocycles. The molecule has 6 nitrogen and oxygen atoms in total. The van der Waals surface area contributed by atoms with Crippen LogP contribution in [0.25, 0.3) is 0 Å². The van der Waals surface area contributed by atoms with Crippen molar-refractivity contribution in [2.45, 2.75) is 19.9 Å². The van der Waals surface area contributed by atoms with Crippen molar-refractivity contribution in [3.05, 3.63) is 123 Å². The van der Waals surface area contributed by atoms with Crippen LogP contribution in [0.4, 0.5) is 0 Å². The first kappa shape index (κ1) is 24.3. The minimum Gasteiger partial charge on any atom is -0.489 e. The lowest BCUT2D eigenvalue weighted by atomic mass is 10.0. The van der Waals surface area contributed by atoms with Crippen LogP contribution < -0.4 is 10.9 Å². The van der Waals surface area contributed by atoms with E-state index in [2.05, 4.69) is 16.2 Å². The van der Waals surface area contributed by atoms with E-state index in [1.807, 2.05) is 49.4 Å². The van der Waals surface area contributed by atoms with Gasteiger partial charge in [0.05, 0.1) is 19.2 Å². The first-order chi connectivity index (χ1) is 16.5. The molecule has 2 heterocycles. The molecule has 172 valence electrons. The summed E-state index contributed by atoms with van der Waals surface area (Å²) in [6.07, 6.45) is 14.6. The molecule has 0 spiro atoms. The van der Waals surface area contributed by atoms with E-state index in [-0.39, 0.29) is 11.5 Å². The SMILES string of the molecule is C#C/C(=C\C=C(/C)CNC(=O)c1cncc(Cc2ccc(Cn3ccccc3=O)cc2)c1)OC. The van der Waals surface area contributed by atoms with Crippen molar-refractivity contribution in [1.29, 1.82) is 0 Å². The van der Waals surface area contributed by atoms with Gasteiger partial charge in [-0.05, 0) is 54.2 Å². The second kappa shape index (κ2) is 12.0. The number of amides is 1. The maximum atomic E-state index is 12.6. The molecule has 0 atom stereocenters. The van der Waals surface area contributed by atoms with Gasteiger partial charge in [0.2, 0.25) is 0 Å². The van der Waals surface area contributed by atoms with E-state index in [9.17, 15) is 9.59 Å². The number of carbonyl (C=O) groups is 1. The Bertz CT molecular complexity index is 1300. The number of hydrogen-bond acceptors (Lipinski definition) is 4. The molecule has 1 N–H and O–H groups in total. The molecule has 0 unspecified atom stereocenters. The summed E-state index contributed by atoms with van der Waals surface area (Å²) in [7, 11) is 1.51. The summed E-state index contributed by atoms with van der Waals surface area (Å²) in [6, 6.07) is 15.1. The third-order valence-corrected chi connectivity index (χ3v) is 5.15. The Kier molecular flexibility index (Phi) is 8.59. The standard InChI is InChI=1S/C28H27N3O3/c1-4-26(34-3)13-8-21(2)17-30-28(33)25-16-24(18-29-19-25)15-22-9-11-23(12-10-22)20-31-14-6-5-7-27(31)32/h1,5-14,16,18-19H,15,17,20H2,2-3H3,(H,30,33)/b21-8+,26-13+. The molecule has 0 saturated heterocycles. The zero-order valence-electron chi connectivity index (χ0n) is 19.3. The molecule has 6 heteroatoms. The Morgan fingerprint density at radius 2 is 1.88 bits per heavy atom. The summed E-state index contributed by atoms with van der Waals surface area (Å²) in [5.41, 5.74) is 4.48. The summed E-state index contributed by atoms with van der Waals surface area (Å²) >= 11 is 0.